The van der Waals surface area contributed by atoms with E-state index in [1.807, 2.05) is 56.3 Å². The standard InChI is InChI=1S/C20H20BrClN2O2/c1-13-19(26-11-10-23(2)3)16-12-14(22)8-9-18(16)24(13)20(25)15-6-4-5-7-17(15)21/h4-9,12H,10-11H2,1-3H3. The van der Waals surface area contributed by atoms with Crippen molar-refractivity contribution < 1.29 is 9.53 Å². The molecule has 0 aliphatic carbocycles. The normalized spacial score (nSPS) is 11.3. The van der Waals surface area contributed by atoms with Gasteiger partial charge < -0.3 is 9.64 Å². The van der Waals surface area contributed by atoms with Gasteiger partial charge in [-0.1, -0.05) is 23.7 Å². The average Bonchev–Trinajstić information content (AvgIpc) is 2.86. The third-order valence-corrected chi connectivity index (χ3v) is 5.13. The Kier molecular flexibility index (Phi) is 5.70. The van der Waals surface area contributed by atoms with Gasteiger partial charge in [-0.15, -0.1) is 0 Å². The summed E-state index contributed by atoms with van der Waals surface area (Å²) in [6.07, 6.45) is 0. The van der Waals surface area contributed by atoms with E-state index < -0.39 is 0 Å². The Morgan fingerprint density at radius 3 is 2.65 bits per heavy atom. The summed E-state index contributed by atoms with van der Waals surface area (Å²) in [5.74, 6) is 0.592. The highest BCUT2D eigenvalue weighted by atomic mass is 79.9. The molecule has 0 radical (unpaired) electrons. The van der Waals surface area contributed by atoms with Crippen LogP contribution < -0.4 is 4.74 Å². The van der Waals surface area contributed by atoms with E-state index in [9.17, 15) is 4.79 Å². The van der Waals surface area contributed by atoms with E-state index in [-0.39, 0.29) is 5.91 Å². The lowest BCUT2D eigenvalue weighted by Crippen LogP contribution is -2.19. The van der Waals surface area contributed by atoms with Crippen LogP contribution in [0.2, 0.25) is 5.02 Å². The van der Waals surface area contributed by atoms with Gasteiger partial charge in [-0.3, -0.25) is 9.36 Å². The number of aromatic nitrogens is 1. The van der Waals surface area contributed by atoms with Gasteiger partial charge >= 0.3 is 0 Å². The molecule has 1 heterocycles. The van der Waals surface area contributed by atoms with E-state index in [0.29, 0.717) is 22.9 Å². The summed E-state index contributed by atoms with van der Waals surface area (Å²) in [5, 5.41) is 1.45. The molecule has 3 rings (SSSR count). The molecular weight excluding hydrogens is 416 g/mol. The number of likely N-dealkylation sites (N-methyl/N-ethyl adjacent to an activating group) is 1. The number of carbonyl (C=O) groups excluding carboxylic acids is 1. The molecule has 3 aromatic rings. The topological polar surface area (TPSA) is 34.5 Å². The van der Waals surface area contributed by atoms with Gasteiger partial charge in [-0.05, 0) is 67.3 Å². The minimum absolute atomic E-state index is 0.107. The third kappa shape index (κ3) is 3.65. The first kappa shape index (κ1) is 19.0. The lowest BCUT2D eigenvalue weighted by atomic mass is 10.2. The minimum atomic E-state index is -0.107. The van der Waals surface area contributed by atoms with Gasteiger partial charge in [0.15, 0.2) is 0 Å². The average molecular weight is 436 g/mol. The summed E-state index contributed by atoms with van der Waals surface area (Å²) in [6.45, 7) is 3.21. The van der Waals surface area contributed by atoms with E-state index in [4.69, 9.17) is 16.3 Å². The fraction of sp³-hybridized carbons (Fsp3) is 0.250. The number of hydrogen-bond acceptors (Lipinski definition) is 3. The molecule has 0 amide bonds. The summed E-state index contributed by atoms with van der Waals surface area (Å²) < 4.78 is 8.48. The Morgan fingerprint density at radius 2 is 1.96 bits per heavy atom. The molecule has 0 bridgehead atoms. The molecule has 0 fully saturated rings. The van der Waals surface area contributed by atoms with Crippen molar-refractivity contribution in [3.63, 3.8) is 0 Å². The number of fused-ring (bicyclic) bond motifs is 1. The van der Waals surface area contributed by atoms with Crippen LogP contribution in [-0.4, -0.2) is 42.6 Å². The van der Waals surface area contributed by atoms with Crippen molar-refractivity contribution in [2.45, 2.75) is 6.92 Å². The van der Waals surface area contributed by atoms with E-state index in [1.54, 1.807) is 16.7 Å². The zero-order valence-electron chi connectivity index (χ0n) is 14.9. The number of benzene rings is 2. The van der Waals surface area contributed by atoms with Crippen LogP contribution in [0.25, 0.3) is 10.9 Å². The van der Waals surface area contributed by atoms with Gasteiger partial charge in [0, 0.05) is 21.4 Å². The Morgan fingerprint density at radius 1 is 1.23 bits per heavy atom. The first-order valence-electron chi connectivity index (χ1n) is 8.27. The predicted molar refractivity (Wildman–Crippen MR) is 110 cm³/mol. The molecule has 0 saturated heterocycles. The number of hydrogen-bond donors (Lipinski definition) is 0. The van der Waals surface area contributed by atoms with Crippen LogP contribution in [0.15, 0.2) is 46.9 Å². The Hall–Kier alpha value is -1.82. The van der Waals surface area contributed by atoms with Crippen molar-refractivity contribution in [1.29, 1.82) is 0 Å². The van der Waals surface area contributed by atoms with E-state index in [0.717, 1.165) is 27.6 Å². The minimum Gasteiger partial charge on any atom is -0.490 e. The predicted octanol–water partition coefficient (Wildman–Crippen LogP) is 4.99. The molecule has 0 aliphatic rings. The second kappa shape index (κ2) is 7.82. The lowest BCUT2D eigenvalue weighted by Gasteiger charge is -2.12. The van der Waals surface area contributed by atoms with Crippen LogP contribution in [0.5, 0.6) is 5.75 Å². The fourth-order valence-electron chi connectivity index (χ4n) is 2.89. The molecule has 0 N–H and O–H groups in total. The molecule has 136 valence electrons. The van der Waals surface area contributed by atoms with E-state index in [2.05, 4.69) is 15.9 Å². The van der Waals surface area contributed by atoms with Crippen molar-refractivity contribution in [2.75, 3.05) is 27.2 Å². The zero-order chi connectivity index (χ0) is 18.8. The Labute approximate surface area is 166 Å². The van der Waals surface area contributed by atoms with Gasteiger partial charge in [-0.25, -0.2) is 0 Å². The number of nitrogens with zero attached hydrogens (tertiary/aromatic N) is 2. The Balaban J connectivity index is 2.12. The van der Waals surface area contributed by atoms with Crippen LogP contribution in [-0.2, 0) is 0 Å². The third-order valence-electron chi connectivity index (χ3n) is 4.20. The molecule has 6 heteroatoms. The van der Waals surface area contributed by atoms with Crippen molar-refractivity contribution >= 4 is 44.3 Å². The molecule has 0 aliphatic heterocycles. The van der Waals surface area contributed by atoms with Gasteiger partial charge in [0.2, 0.25) is 0 Å². The maximum atomic E-state index is 13.2. The molecule has 0 saturated carbocycles. The number of ether oxygens (including phenoxy) is 1. The lowest BCUT2D eigenvalue weighted by molar-refractivity contribution is 0.0961. The van der Waals surface area contributed by atoms with E-state index in [1.165, 1.54) is 0 Å². The van der Waals surface area contributed by atoms with Gasteiger partial charge in [0.1, 0.15) is 12.4 Å². The zero-order valence-corrected chi connectivity index (χ0v) is 17.3. The monoisotopic (exact) mass is 434 g/mol. The van der Waals surface area contributed by atoms with Crippen molar-refractivity contribution in [1.82, 2.24) is 9.47 Å². The van der Waals surface area contributed by atoms with Crippen LogP contribution in [0, 0.1) is 6.92 Å². The number of carbonyl (C=O) groups is 1. The number of halogens is 2. The molecule has 0 atom stereocenters. The molecule has 0 spiro atoms. The molecule has 2 aromatic carbocycles. The summed E-state index contributed by atoms with van der Waals surface area (Å²) in [7, 11) is 3.99. The van der Waals surface area contributed by atoms with Crippen LogP contribution >= 0.6 is 27.5 Å². The fourth-order valence-corrected chi connectivity index (χ4v) is 3.52. The first-order valence-corrected chi connectivity index (χ1v) is 9.44. The largest absolute Gasteiger partial charge is 0.490 e. The highest BCUT2D eigenvalue weighted by Gasteiger charge is 2.22. The van der Waals surface area contributed by atoms with Gasteiger partial charge in [-0.2, -0.15) is 0 Å². The van der Waals surface area contributed by atoms with Crippen LogP contribution in [0.4, 0.5) is 0 Å². The van der Waals surface area contributed by atoms with Gasteiger partial charge in [0.25, 0.3) is 5.91 Å². The first-order chi connectivity index (χ1) is 12.4. The van der Waals surface area contributed by atoms with E-state index >= 15 is 0 Å². The second-order valence-electron chi connectivity index (χ2n) is 6.35. The van der Waals surface area contributed by atoms with Crippen molar-refractivity contribution in [3.05, 3.63) is 63.2 Å². The van der Waals surface area contributed by atoms with Crippen LogP contribution in [0.1, 0.15) is 16.1 Å². The smallest absolute Gasteiger partial charge is 0.263 e. The van der Waals surface area contributed by atoms with Crippen LogP contribution in [0.3, 0.4) is 0 Å². The van der Waals surface area contributed by atoms with Gasteiger partial charge in [0.05, 0.1) is 16.8 Å². The second-order valence-corrected chi connectivity index (χ2v) is 7.64. The summed E-state index contributed by atoms with van der Waals surface area (Å²) in [5.41, 5.74) is 2.15. The summed E-state index contributed by atoms with van der Waals surface area (Å²) >= 11 is 9.66. The maximum Gasteiger partial charge on any atom is 0.263 e. The molecule has 1 aromatic heterocycles. The highest BCUT2D eigenvalue weighted by Crippen LogP contribution is 2.35. The SMILES string of the molecule is Cc1c(OCCN(C)C)c2cc(Cl)ccc2n1C(=O)c1ccccc1Br. The highest BCUT2D eigenvalue weighted by molar-refractivity contribution is 9.10. The number of rotatable bonds is 5. The molecule has 0 unspecified atom stereocenters. The Bertz CT molecular complexity index is 966. The van der Waals surface area contributed by atoms with Crippen molar-refractivity contribution in [2.24, 2.45) is 0 Å². The molecule has 26 heavy (non-hydrogen) atoms. The van der Waals surface area contributed by atoms with Crippen molar-refractivity contribution in [3.8, 4) is 5.75 Å². The molecule has 4 nitrogen and oxygen atoms in total. The molecular formula is C20H20BrClN2O2. The summed E-state index contributed by atoms with van der Waals surface area (Å²) in [6, 6.07) is 12.9. The quantitative estimate of drug-likeness (QED) is 0.566. The summed E-state index contributed by atoms with van der Waals surface area (Å²) in [4.78, 5) is 15.3. The maximum absolute atomic E-state index is 13.2.